The van der Waals surface area contributed by atoms with Crippen molar-refractivity contribution in [3.05, 3.63) is 41.5 Å². The molecular weight excluding hydrogens is 336 g/mol. The van der Waals surface area contributed by atoms with E-state index in [2.05, 4.69) is 13.8 Å². The fourth-order valence-electron chi connectivity index (χ4n) is 3.96. The summed E-state index contributed by atoms with van der Waals surface area (Å²) in [4.78, 5) is 0. The minimum absolute atomic E-state index is 0.0886. The van der Waals surface area contributed by atoms with Crippen molar-refractivity contribution < 1.29 is 28.8 Å². The van der Waals surface area contributed by atoms with Gasteiger partial charge in [-0.15, -0.1) is 0 Å². The van der Waals surface area contributed by atoms with E-state index in [0.29, 0.717) is 11.5 Å². The molecule has 26 heavy (non-hydrogen) atoms. The Kier molecular flexibility index (Phi) is 3.43. The summed E-state index contributed by atoms with van der Waals surface area (Å²) < 4.78 is 28.1. The molecule has 2 aromatic carbocycles. The van der Waals surface area contributed by atoms with Crippen molar-refractivity contribution in [1.82, 2.24) is 0 Å². The fourth-order valence-corrected chi connectivity index (χ4v) is 3.96. The Morgan fingerprint density at radius 2 is 1.38 bits per heavy atom. The van der Waals surface area contributed by atoms with E-state index in [1.54, 1.807) is 6.07 Å². The second-order valence-electron chi connectivity index (χ2n) is 7.07. The monoisotopic (exact) mass is 356 g/mol. The first-order valence-corrected chi connectivity index (χ1v) is 8.79. The third-order valence-electron chi connectivity index (χ3n) is 5.63. The molecule has 0 aromatic heterocycles. The number of hydrogen-bond acceptors (Lipinski definition) is 6. The van der Waals surface area contributed by atoms with Crippen LogP contribution >= 0.6 is 0 Å². The van der Waals surface area contributed by atoms with Crippen LogP contribution in [0.2, 0.25) is 0 Å². The van der Waals surface area contributed by atoms with Gasteiger partial charge in [0.2, 0.25) is 13.6 Å². The summed E-state index contributed by atoms with van der Waals surface area (Å²) in [6.07, 6.45) is -0.316. The lowest BCUT2D eigenvalue weighted by Gasteiger charge is -2.18. The molecule has 0 unspecified atom stereocenters. The minimum Gasteiger partial charge on any atom is -0.507 e. The van der Waals surface area contributed by atoms with Gasteiger partial charge in [0, 0.05) is 11.6 Å². The lowest BCUT2D eigenvalue weighted by Crippen LogP contribution is -2.10. The van der Waals surface area contributed by atoms with Crippen molar-refractivity contribution in [3.63, 3.8) is 0 Å². The number of phenolic OH excluding ortho intramolecular Hbond substituents is 1. The van der Waals surface area contributed by atoms with E-state index < -0.39 is 0 Å². The maximum atomic E-state index is 10.5. The van der Waals surface area contributed by atoms with E-state index in [-0.39, 0.29) is 43.4 Å². The Labute approximate surface area is 151 Å². The average molecular weight is 356 g/mol. The van der Waals surface area contributed by atoms with Gasteiger partial charge < -0.3 is 28.8 Å². The number of ether oxygens (including phenoxy) is 5. The van der Waals surface area contributed by atoms with Crippen LogP contribution in [-0.4, -0.2) is 18.7 Å². The highest BCUT2D eigenvalue weighted by Gasteiger charge is 2.42. The smallest absolute Gasteiger partial charge is 0.231 e. The molecule has 5 rings (SSSR count). The molecule has 6 nitrogen and oxygen atoms in total. The highest BCUT2D eigenvalue weighted by Crippen LogP contribution is 2.53. The number of aromatic hydroxyl groups is 1. The minimum atomic E-state index is -0.227. The average Bonchev–Trinajstić information content (AvgIpc) is 3.34. The molecule has 3 heterocycles. The second kappa shape index (κ2) is 5.71. The third kappa shape index (κ3) is 2.29. The van der Waals surface area contributed by atoms with E-state index in [0.717, 1.165) is 22.6 Å². The molecule has 4 atom stereocenters. The Hall–Kier alpha value is -2.60. The number of rotatable bonds is 2. The van der Waals surface area contributed by atoms with Crippen molar-refractivity contribution in [2.75, 3.05) is 13.6 Å². The maximum absolute atomic E-state index is 10.5. The molecule has 6 heteroatoms. The molecule has 3 aliphatic rings. The summed E-state index contributed by atoms with van der Waals surface area (Å²) in [5.41, 5.74) is 1.79. The number of phenols is 1. The van der Waals surface area contributed by atoms with Gasteiger partial charge in [-0.2, -0.15) is 0 Å². The lowest BCUT2D eigenvalue weighted by atomic mass is 9.85. The van der Waals surface area contributed by atoms with Crippen LogP contribution in [0, 0.1) is 11.8 Å². The molecule has 0 amide bonds. The van der Waals surface area contributed by atoms with Gasteiger partial charge in [0.05, 0.1) is 12.2 Å². The molecule has 0 radical (unpaired) electrons. The van der Waals surface area contributed by atoms with Gasteiger partial charge in [-0.1, -0.05) is 19.9 Å². The Morgan fingerprint density at radius 3 is 2.15 bits per heavy atom. The first-order valence-electron chi connectivity index (χ1n) is 8.79. The highest BCUT2D eigenvalue weighted by molar-refractivity contribution is 5.52. The van der Waals surface area contributed by atoms with Crippen molar-refractivity contribution in [1.29, 1.82) is 0 Å². The largest absolute Gasteiger partial charge is 0.507 e. The van der Waals surface area contributed by atoms with Gasteiger partial charge in [0.25, 0.3) is 0 Å². The zero-order valence-corrected chi connectivity index (χ0v) is 14.6. The molecule has 0 bridgehead atoms. The van der Waals surface area contributed by atoms with Crippen LogP contribution in [0.25, 0.3) is 0 Å². The van der Waals surface area contributed by atoms with Gasteiger partial charge in [-0.05, 0) is 35.6 Å². The molecule has 3 aliphatic heterocycles. The number of fused-ring (bicyclic) bond motifs is 2. The third-order valence-corrected chi connectivity index (χ3v) is 5.63. The van der Waals surface area contributed by atoms with E-state index in [4.69, 9.17) is 23.7 Å². The first-order chi connectivity index (χ1) is 12.6. The molecule has 0 saturated carbocycles. The first kappa shape index (κ1) is 15.6. The highest BCUT2D eigenvalue weighted by atomic mass is 16.7. The topological polar surface area (TPSA) is 66.4 Å². The predicted molar refractivity (Wildman–Crippen MR) is 91.7 cm³/mol. The number of hydrogen-bond donors (Lipinski definition) is 1. The Bertz CT molecular complexity index is 864. The van der Waals surface area contributed by atoms with Crippen LogP contribution < -0.4 is 18.9 Å². The number of benzene rings is 2. The molecular formula is C20H20O6. The zero-order valence-electron chi connectivity index (χ0n) is 14.6. The summed E-state index contributed by atoms with van der Waals surface area (Å²) in [6, 6.07) is 9.35. The van der Waals surface area contributed by atoms with E-state index in [1.165, 1.54) is 0 Å². The van der Waals surface area contributed by atoms with Crippen LogP contribution in [0.4, 0.5) is 0 Å². The van der Waals surface area contributed by atoms with Crippen molar-refractivity contribution >= 4 is 0 Å². The van der Waals surface area contributed by atoms with Gasteiger partial charge in [0.15, 0.2) is 23.0 Å². The SMILES string of the molecule is C[C@H]1[C@H](C)[C@@H](c2cc3c(cc2O)OCO3)O[C@@H]1c1ccc2c(c1)OCO2. The summed E-state index contributed by atoms with van der Waals surface area (Å²) in [7, 11) is 0. The van der Waals surface area contributed by atoms with Gasteiger partial charge in [-0.3, -0.25) is 0 Å². The zero-order chi connectivity index (χ0) is 17.8. The van der Waals surface area contributed by atoms with E-state index in [9.17, 15) is 5.11 Å². The van der Waals surface area contributed by atoms with Crippen LogP contribution in [-0.2, 0) is 4.74 Å². The van der Waals surface area contributed by atoms with Gasteiger partial charge in [0.1, 0.15) is 5.75 Å². The molecule has 2 aromatic rings. The van der Waals surface area contributed by atoms with Crippen LogP contribution in [0.1, 0.15) is 37.2 Å². The molecule has 1 saturated heterocycles. The maximum Gasteiger partial charge on any atom is 0.231 e. The van der Waals surface area contributed by atoms with E-state index in [1.807, 2.05) is 24.3 Å². The Balaban J connectivity index is 1.47. The van der Waals surface area contributed by atoms with Gasteiger partial charge >= 0.3 is 0 Å². The van der Waals surface area contributed by atoms with Crippen molar-refractivity contribution in [2.45, 2.75) is 26.1 Å². The lowest BCUT2D eigenvalue weighted by molar-refractivity contribution is 0.0276. The van der Waals surface area contributed by atoms with Crippen LogP contribution in [0.5, 0.6) is 28.7 Å². The van der Waals surface area contributed by atoms with Crippen molar-refractivity contribution in [2.24, 2.45) is 11.8 Å². The molecule has 136 valence electrons. The van der Waals surface area contributed by atoms with Gasteiger partial charge in [-0.25, -0.2) is 0 Å². The quantitative estimate of drug-likeness (QED) is 0.879. The molecule has 1 N–H and O–H groups in total. The van der Waals surface area contributed by atoms with E-state index >= 15 is 0 Å². The van der Waals surface area contributed by atoms with Crippen LogP contribution in [0.3, 0.4) is 0 Å². The standard InChI is InChI=1S/C20H20O6/c1-10-11(2)20(13-6-17-18(7-14(13)21)25-9-24-17)26-19(10)12-3-4-15-16(5-12)23-8-22-15/h3-7,10-11,19-21H,8-9H2,1-2H3/t10-,11-,19-,20-/m0/s1. The normalized spacial score (nSPS) is 28.5. The summed E-state index contributed by atoms with van der Waals surface area (Å²) in [5.74, 6) is 3.38. The summed E-state index contributed by atoms with van der Waals surface area (Å²) >= 11 is 0. The summed E-state index contributed by atoms with van der Waals surface area (Å²) in [5, 5.41) is 10.5. The molecule has 0 aliphatic carbocycles. The molecule has 0 spiro atoms. The predicted octanol–water partition coefficient (Wildman–Crippen LogP) is 3.93. The Morgan fingerprint density at radius 1 is 0.769 bits per heavy atom. The van der Waals surface area contributed by atoms with Crippen molar-refractivity contribution in [3.8, 4) is 28.7 Å². The fraction of sp³-hybridized carbons (Fsp3) is 0.400. The summed E-state index contributed by atoms with van der Waals surface area (Å²) in [6.45, 7) is 4.75. The molecule has 1 fully saturated rings. The van der Waals surface area contributed by atoms with Crippen LogP contribution in [0.15, 0.2) is 30.3 Å². The second-order valence-corrected chi connectivity index (χ2v) is 7.07.